The first-order chi connectivity index (χ1) is 18.2. The van der Waals surface area contributed by atoms with Gasteiger partial charge in [-0.15, -0.1) is 0 Å². The Kier molecular flexibility index (Phi) is 8.28. The molecule has 4 rings (SSSR count). The second kappa shape index (κ2) is 11.8. The van der Waals surface area contributed by atoms with Crippen LogP contribution < -0.4 is 20.1 Å². The SMILES string of the molecule is CCOc1cc(/C=C2/NC(=O)N(CC(=O)Nc3cccc(C)c3)C2=O)cc(Cl)c1OCc1ccc(F)cc1. The van der Waals surface area contributed by atoms with Crippen LogP contribution in [0.5, 0.6) is 11.5 Å². The highest BCUT2D eigenvalue weighted by Crippen LogP contribution is 2.38. The lowest BCUT2D eigenvalue weighted by Gasteiger charge is -2.15. The van der Waals surface area contributed by atoms with Crippen LogP contribution in [0.15, 0.2) is 66.4 Å². The molecule has 0 unspecified atom stereocenters. The third kappa shape index (κ3) is 6.49. The molecule has 1 aliphatic heterocycles. The average molecular weight is 538 g/mol. The predicted molar refractivity (Wildman–Crippen MR) is 141 cm³/mol. The van der Waals surface area contributed by atoms with Gasteiger partial charge in [-0.3, -0.25) is 9.59 Å². The van der Waals surface area contributed by atoms with Gasteiger partial charge < -0.3 is 20.1 Å². The highest BCUT2D eigenvalue weighted by molar-refractivity contribution is 6.32. The second-order valence-corrected chi connectivity index (χ2v) is 8.88. The zero-order valence-electron chi connectivity index (χ0n) is 20.7. The number of hydrogen-bond acceptors (Lipinski definition) is 5. The number of nitrogens with zero attached hydrogens (tertiary/aromatic N) is 1. The van der Waals surface area contributed by atoms with E-state index in [1.807, 2.05) is 13.0 Å². The van der Waals surface area contributed by atoms with Crippen molar-refractivity contribution >= 4 is 41.2 Å². The molecule has 38 heavy (non-hydrogen) atoms. The number of ether oxygens (including phenoxy) is 2. The number of aryl methyl sites for hydroxylation is 1. The molecule has 1 heterocycles. The smallest absolute Gasteiger partial charge is 0.329 e. The lowest BCUT2D eigenvalue weighted by atomic mass is 10.1. The maximum absolute atomic E-state index is 13.2. The highest BCUT2D eigenvalue weighted by Gasteiger charge is 2.35. The maximum atomic E-state index is 13.2. The van der Waals surface area contributed by atoms with Crippen LogP contribution in [0.2, 0.25) is 5.02 Å². The molecule has 1 aliphatic rings. The van der Waals surface area contributed by atoms with Gasteiger partial charge in [0.25, 0.3) is 5.91 Å². The zero-order chi connectivity index (χ0) is 27.2. The van der Waals surface area contributed by atoms with Gasteiger partial charge in [-0.05, 0) is 73.0 Å². The number of hydrogen-bond donors (Lipinski definition) is 2. The fraction of sp³-hybridized carbons (Fsp3) is 0.179. The molecule has 0 aromatic heterocycles. The van der Waals surface area contributed by atoms with Crippen LogP contribution in [0.3, 0.4) is 0 Å². The van der Waals surface area contributed by atoms with Gasteiger partial charge >= 0.3 is 6.03 Å². The van der Waals surface area contributed by atoms with Crippen molar-refractivity contribution in [3.05, 3.63) is 93.9 Å². The summed E-state index contributed by atoms with van der Waals surface area (Å²) in [6.45, 7) is 3.69. The number of halogens is 2. The minimum Gasteiger partial charge on any atom is -0.490 e. The van der Waals surface area contributed by atoms with E-state index >= 15 is 0 Å². The van der Waals surface area contributed by atoms with E-state index in [4.69, 9.17) is 21.1 Å². The summed E-state index contributed by atoms with van der Waals surface area (Å²) in [4.78, 5) is 38.6. The lowest BCUT2D eigenvalue weighted by Crippen LogP contribution is -2.38. The predicted octanol–water partition coefficient (Wildman–Crippen LogP) is 5.30. The Balaban J connectivity index is 1.48. The van der Waals surface area contributed by atoms with Crippen molar-refractivity contribution in [2.75, 3.05) is 18.5 Å². The van der Waals surface area contributed by atoms with Crippen LogP contribution in [0.25, 0.3) is 6.08 Å². The summed E-state index contributed by atoms with van der Waals surface area (Å²) in [5.41, 5.74) is 2.72. The second-order valence-electron chi connectivity index (χ2n) is 8.48. The topological polar surface area (TPSA) is 97.0 Å². The van der Waals surface area contributed by atoms with Crippen molar-refractivity contribution in [1.82, 2.24) is 10.2 Å². The molecule has 0 aliphatic carbocycles. The van der Waals surface area contributed by atoms with Crippen molar-refractivity contribution in [3.63, 3.8) is 0 Å². The number of benzene rings is 3. The van der Waals surface area contributed by atoms with Crippen molar-refractivity contribution in [3.8, 4) is 11.5 Å². The molecule has 0 radical (unpaired) electrons. The first kappa shape index (κ1) is 26.7. The average Bonchev–Trinajstić information content (AvgIpc) is 3.12. The summed E-state index contributed by atoms with van der Waals surface area (Å²) in [6, 6.07) is 15.5. The molecular formula is C28H25ClFN3O5. The Hall–Kier alpha value is -4.37. The number of amides is 4. The van der Waals surface area contributed by atoms with Crippen molar-refractivity contribution in [1.29, 1.82) is 0 Å². The summed E-state index contributed by atoms with van der Waals surface area (Å²) in [5.74, 6) is -0.890. The molecule has 0 saturated carbocycles. The molecule has 1 fully saturated rings. The first-order valence-corrected chi connectivity index (χ1v) is 12.2. The van der Waals surface area contributed by atoms with Crippen molar-refractivity contribution in [2.24, 2.45) is 0 Å². The Morgan fingerprint density at radius 2 is 1.87 bits per heavy atom. The van der Waals surface area contributed by atoms with E-state index in [-0.39, 0.29) is 28.9 Å². The highest BCUT2D eigenvalue weighted by atomic mass is 35.5. The van der Waals surface area contributed by atoms with Gasteiger partial charge in [-0.25, -0.2) is 14.1 Å². The third-order valence-electron chi connectivity index (χ3n) is 5.50. The van der Waals surface area contributed by atoms with Crippen LogP contribution in [-0.2, 0) is 16.2 Å². The van der Waals surface area contributed by atoms with E-state index in [1.165, 1.54) is 18.2 Å². The summed E-state index contributed by atoms with van der Waals surface area (Å²) < 4.78 is 24.7. The summed E-state index contributed by atoms with van der Waals surface area (Å²) in [6.07, 6.45) is 1.44. The van der Waals surface area contributed by atoms with Crippen LogP contribution in [0, 0.1) is 12.7 Å². The molecule has 1 saturated heterocycles. The Morgan fingerprint density at radius 3 is 2.58 bits per heavy atom. The monoisotopic (exact) mass is 537 g/mol. The zero-order valence-corrected chi connectivity index (χ0v) is 21.5. The summed E-state index contributed by atoms with van der Waals surface area (Å²) in [5, 5.41) is 5.39. The molecule has 4 amide bonds. The Bertz CT molecular complexity index is 1410. The van der Waals surface area contributed by atoms with E-state index in [0.717, 1.165) is 16.0 Å². The third-order valence-corrected chi connectivity index (χ3v) is 5.79. The van der Waals surface area contributed by atoms with E-state index in [2.05, 4.69) is 10.6 Å². The number of anilines is 1. The standard InChI is InChI=1S/C28H25ClFN3O5/c1-3-37-24-14-19(12-22(29)26(24)38-16-18-7-9-20(30)10-8-18)13-23-27(35)33(28(36)32-23)15-25(34)31-21-6-4-5-17(2)11-21/h4-14H,3,15-16H2,1-2H3,(H,31,34)(H,32,36)/b23-13+. The van der Waals surface area contributed by atoms with E-state index in [9.17, 15) is 18.8 Å². The number of carbonyl (C=O) groups excluding carboxylic acids is 3. The first-order valence-electron chi connectivity index (χ1n) is 11.8. The fourth-order valence-electron chi connectivity index (χ4n) is 3.76. The van der Waals surface area contributed by atoms with E-state index < -0.39 is 24.4 Å². The summed E-state index contributed by atoms with van der Waals surface area (Å²) in [7, 11) is 0. The van der Waals surface area contributed by atoms with Crippen LogP contribution in [0.4, 0.5) is 14.9 Å². The van der Waals surface area contributed by atoms with E-state index in [1.54, 1.807) is 49.4 Å². The Labute approximate surface area is 224 Å². The van der Waals surface area contributed by atoms with Crippen molar-refractivity contribution in [2.45, 2.75) is 20.5 Å². The molecular weight excluding hydrogens is 513 g/mol. The van der Waals surface area contributed by atoms with Gasteiger partial charge in [0.2, 0.25) is 5.91 Å². The fourth-order valence-corrected chi connectivity index (χ4v) is 4.03. The molecule has 2 N–H and O–H groups in total. The van der Waals surface area contributed by atoms with Gasteiger partial charge in [-0.2, -0.15) is 0 Å². The molecule has 0 bridgehead atoms. The quantitative estimate of drug-likeness (QED) is 0.285. The number of rotatable bonds is 9. The van der Waals surface area contributed by atoms with Gasteiger partial charge in [0.15, 0.2) is 11.5 Å². The van der Waals surface area contributed by atoms with Gasteiger partial charge in [-0.1, -0.05) is 35.9 Å². The van der Waals surface area contributed by atoms with Crippen molar-refractivity contribution < 1.29 is 28.2 Å². The lowest BCUT2D eigenvalue weighted by molar-refractivity contribution is -0.127. The minimum absolute atomic E-state index is 0.0168. The molecule has 196 valence electrons. The van der Waals surface area contributed by atoms with Crippen LogP contribution in [-0.4, -0.2) is 35.9 Å². The molecule has 0 spiro atoms. The molecule has 10 heteroatoms. The normalized spacial score (nSPS) is 14.0. The van der Waals surface area contributed by atoms with Gasteiger partial charge in [0.05, 0.1) is 11.6 Å². The minimum atomic E-state index is -0.712. The van der Waals surface area contributed by atoms with Gasteiger partial charge in [0, 0.05) is 5.69 Å². The maximum Gasteiger partial charge on any atom is 0.329 e. The van der Waals surface area contributed by atoms with Crippen LogP contribution in [0.1, 0.15) is 23.6 Å². The van der Waals surface area contributed by atoms with E-state index in [0.29, 0.717) is 23.6 Å². The number of nitrogens with one attached hydrogen (secondary N) is 2. The molecule has 8 nitrogen and oxygen atoms in total. The number of carbonyl (C=O) groups is 3. The molecule has 3 aromatic rings. The molecule has 3 aromatic carbocycles. The summed E-state index contributed by atoms with van der Waals surface area (Å²) >= 11 is 6.47. The molecule has 0 atom stereocenters. The number of urea groups is 1. The Morgan fingerprint density at radius 1 is 1.11 bits per heavy atom. The van der Waals surface area contributed by atoms with Gasteiger partial charge in [0.1, 0.15) is 24.7 Å². The number of imide groups is 1. The van der Waals surface area contributed by atoms with Crippen LogP contribution >= 0.6 is 11.6 Å². The largest absolute Gasteiger partial charge is 0.490 e.